The molecule has 18 heavy (non-hydrogen) atoms. The molecular weight excluding hydrogens is 270 g/mol. The molecule has 2 aromatic rings. The number of thiophene rings is 1. The Morgan fingerprint density at radius 1 is 1.50 bits per heavy atom. The van der Waals surface area contributed by atoms with Crippen LogP contribution in [0, 0.1) is 0 Å². The van der Waals surface area contributed by atoms with Crippen LogP contribution in [-0.2, 0) is 0 Å². The standard InChI is InChI=1S/C12H14ClN3OS/c1-2-17-9-5-8(6-15-7-9)12(16-14)10-3-4-11(13)18-10/h3-7,12,16H,2,14H2,1H3. The number of hydrazine groups is 1. The average Bonchev–Trinajstić information content (AvgIpc) is 2.78. The van der Waals surface area contributed by atoms with E-state index in [-0.39, 0.29) is 6.04 Å². The van der Waals surface area contributed by atoms with Gasteiger partial charge in [0, 0.05) is 11.1 Å². The zero-order valence-electron chi connectivity index (χ0n) is 9.89. The first-order valence-corrected chi connectivity index (χ1v) is 6.73. The molecule has 0 aromatic carbocycles. The van der Waals surface area contributed by atoms with Crippen LogP contribution < -0.4 is 16.0 Å². The molecule has 3 N–H and O–H groups in total. The second-order valence-corrected chi connectivity index (χ2v) is 5.38. The van der Waals surface area contributed by atoms with E-state index in [1.807, 2.05) is 25.1 Å². The van der Waals surface area contributed by atoms with Crippen molar-refractivity contribution in [2.24, 2.45) is 5.84 Å². The van der Waals surface area contributed by atoms with Crippen LogP contribution in [0.2, 0.25) is 4.34 Å². The van der Waals surface area contributed by atoms with Crippen molar-refractivity contribution in [3.63, 3.8) is 0 Å². The highest BCUT2D eigenvalue weighted by Gasteiger charge is 2.15. The molecular formula is C12H14ClN3OS. The van der Waals surface area contributed by atoms with Crippen LogP contribution in [0.25, 0.3) is 0 Å². The zero-order chi connectivity index (χ0) is 13.0. The van der Waals surface area contributed by atoms with Gasteiger partial charge in [-0.05, 0) is 30.7 Å². The summed E-state index contributed by atoms with van der Waals surface area (Å²) >= 11 is 7.43. The van der Waals surface area contributed by atoms with Gasteiger partial charge in [-0.1, -0.05) is 11.6 Å². The van der Waals surface area contributed by atoms with Crippen molar-refractivity contribution in [2.75, 3.05) is 6.61 Å². The number of nitrogens with two attached hydrogens (primary N) is 1. The van der Waals surface area contributed by atoms with E-state index in [4.69, 9.17) is 22.2 Å². The van der Waals surface area contributed by atoms with E-state index in [1.54, 1.807) is 12.4 Å². The SMILES string of the molecule is CCOc1cncc(C(NN)c2ccc(Cl)s2)c1. The third-order valence-corrected chi connectivity index (χ3v) is 3.72. The van der Waals surface area contributed by atoms with Gasteiger partial charge in [0.15, 0.2) is 0 Å². The summed E-state index contributed by atoms with van der Waals surface area (Å²) in [7, 11) is 0. The number of nitrogens with one attached hydrogen (secondary N) is 1. The quantitative estimate of drug-likeness (QED) is 0.654. The molecule has 0 radical (unpaired) electrons. The maximum Gasteiger partial charge on any atom is 0.137 e. The fourth-order valence-electron chi connectivity index (χ4n) is 1.67. The second-order valence-electron chi connectivity index (χ2n) is 3.63. The van der Waals surface area contributed by atoms with E-state index in [0.29, 0.717) is 6.61 Å². The van der Waals surface area contributed by atoms with Gasteiger partial charge in [0.25, 0.3) is 0 Å². The summed E-state index contributed by atoms with van der Waals surface area (Å²) in [5.74, 6) is 6.35. The number of aromatic nitrogens is 1. The second kappa shape index (κ2) is 6.15. The molecule has 0 spiro atoms. The molecule has 2 aromatic heterocycles. The van der Waals surface area contributed by atoms with Crippen molar-refractivity contribution < 1.29 is 4.74 Å². The number of hydrogen-bond donors (Lipinski definition) is 2. The number of rotatable bonds is 5. The van der Waals surface area contributed by atoms with E-state index in [0.717, 1.165) is 20.5 Å². The fraction of sp³-hybridized carbons (Fsp3) is 0.250. The third-order valence-electron chi connectivity index (χ3n) is 2.42. The Kier molecular flexibility index (Phi) is 4.54. The van der Waals surface area contributed by atoms with Gasteiger partial charge in [-0.15, -0.1) is 11.3 Å². The molecule has 1 unspecified atom stereocenters. The van der Waals surface area contributed by atoms with Crippen LogP contribution in [0.1, 0.15) is 23.4 Å². The molecule has 2 heterocycles. The monoisotopic (exact) mass is 283 g/mol. The lowest BCUT2D eigenvalue weighted by Crippen LogP contribution is -2.28. The molecule has 0 aliphatic heterocycles. The lowest BCUT2D eigenvalue weighted by molar-refractivity contribution is 0.338. The molecule has 96 valence electrons. The predicted molar refractivity (Wildman–Crippen MR) is 73.9 cm³/mol. The van der Waals surface area contributed by atoms with Crippen molar-refractivity contribution in [3.05, 3.63) is 45.4 Å². The topological polar surface area (TPSA) is 60.2 Å². The first-order valence-electron chi connectivity index (χ1n) is 5.53. The van der Waals surface area contributed by atoms with Gasteiger partial charge in [0.2, 0.25) is 0 Å². The van der Waals surface area contributed by atoms with Crippen molar-refractivity contribution >= 4 is 22.9 Å². The molecule has 0 amide bonds. The van der Waals surface area contributed by atoms with Crippen LogP contribution in [0.5, 0.6) is 5.75 Å². The number of hydrogen-bond acceptors (Lipinski definition) is 5. The normalized spacial score (nSPS) is 12.4. The van der Waals surface area contributed by atoms with Gasteiger partial charge in [-0.2, -0.15) is 0 Å². The smallest absolute Gasteiger partial charge is 0.137 e. The van der Waals surface area contributed by atoms with Gasteiger partial charge in [0.05, 0.1) is 23.2 Å². The Bertz CT molecular complexity index is 518. The summed E-state index contributed by atoms with van der Waals surface area (Å²) in [6.45, 7) is 2.54. The molecule has 2 rings (SSSR count). The number of halogens is 1. The Hall–Kier alpha value is -1.14. The largest absolute Gasteiger partial charge is 0.492 e. The number of ether oxygens (including phenoxy) is 1. The molecule has 0 saturated heterocycles. The fourth-order valence-corrected chi connectivity index (χ4v) is 2.81. The molecule has 6 heteroatoms. The molecule has 0 aliphatic carbocycles. The first-order chi connectivity index (χ1) is 8.74. The van der Waals surface area contributed by atoms with Crippen LogP contribution in [0.3, 0.4) is 0 Å². The molecule has 1 atom stereocenters. The zero-order valence-corrected chi connectivity index (χ0v) is 11.5. The highest BCUT2D eigenvalue weighted by Crippen LogP contribution is 2.31. The highest BCUT2D eigenvalue weighted by atomic mass is 35.5. The van der Waals surface area contributed by atoms with Crippen LogP contribution in [0.15, 0.2) is 30.6 Å². The van der Waals surface area contributed by atoms with Crippen molar-refractivity contribution in [3.8, 4) is 5.75 Å². The van der Waals surface area contributed by atoms with Gasteiger partial charge in [-0.3, -0.25) is 10.8 Å². The number of nitrogens with zero attached hydrogens (tertiary/aromatic N) is 1. The molecule has 0 aliphatic rings. The minimum Gasteiger partial charge on any atom is -0.492 e. The molecule has 4 nitrogen and oxygen atoms in total. The van der Waals surface area contributed by atoms with Crippen molar-refractivity contribution in [1.29, 1.82) is 0 Å². The van der Waals surface area contributed by atoms with E-state index < -0.39 is 0 Å². The van der Waals surface area contributed by atoms with Gasteiger partial charge in [-0.25, -0.2) is 5.43 Å². The van der Waals surface area contributed by atoms with Gasteiger partial charge >= 0.3 is 0 Å². The molecule has 0 bridgehead atoms. The number of pyridine rings is 1. The average molecular weight is 284 g/mol. The van der Waals surface area contributed by atoms with E-state index in [9.17, 15) is 0 Å². The van der Waals surface area contributed by atoms with Crippen LogP contribution >= 0.6 is 22.9 Å². The Labute approximate surface area is 115 Å². The maximum absolute atomic E-state index is 5.94. The lowest BCUT2D eigenvalue weighted by Gasteiger charge is -2.15. The summed E-state index contributed by atoms with van der Waals surface area (Å²) < 4.78 is 6.16. The minimum atomic E-state index is -0.129. The Morgan fingerprint density at radius 2 is 2.33 bits per heavy atom. The summed E-state index contributed by atoms with van der Waals surface area (Å²) in [5.41, 5.74) is 3.72. The predicted octanol–water partition coefficient (Wildman–Crippen LogP) is 2.75. The van der Waals surface area contributed by atoms with Crippen LogP contribution in [0.4, 0.5) is 0 Å². The highest BCUT2D eigenvalue weighted by molar-refractivity contribution is 7.16. The van der Waals surface area contributed by atoms with Crippen molar-refractivity contribution in [1.82, 2.24) is 10.4 Å². The lowest BCUT2D eigenvalue weighted by atomic mass is 10.1. The minimum absolute atomic E-state index is 0.129. The van der Waals surface area contributed by atoms with E-state index in [2.05, 4.69) is 10.4 Å². The summed E-state index contributed by atoms with van der Waals surface area (Å²) in [4.78, 5) is 5.20. The van der Waals surface area contributed by atoms with Crippen LogP contribution in [-0.4, -0.2) is 11.6 Å². The van der Waals surface area contributed by atoms with E-state index in [1.165, 1.54) is 11.3 Å². The first kappa shape index (κ1) is 13.3. The van der Waals surface area contributed by atoms with Gasteiger partial charge in [0.1, 0.15) is 5.75 Å². The molecule has 0 saturated carbocycles. The summed E-state index contributed by atoms with van der Waals surface area (Å²) in [5, 5.41) is 0. The Morgan fingerprint density at radius 3 is 2.94 bits per heavy atom. The van der Waals surface area contributed by atoms with Crippen molar-refractivity contribution in [2.45, 2.75) is 13.0 Å². The van der Waals surface area contributed by atoms with E-state index >= 15 is 0 Å². The third kappa shape index (κ3) is 3.00. The van der Waals surface area contributed by atoms with Gasteiger partial charge < -0.3 is 4.74 Å². The molecule has 0 fully saturated rings. The maximum atomic E-state index is 5.94. The summed E-state index contributed by atoms with van der Waals surface area (Å²) in [6, 6.07) is 5.60. The summed E-state index contributed by atoms with van der Waals surface area (Å²) in [6.07, 6.45) is 3.45. The Balaban J connectivity index is 2.29.